The van der Waals surface area contributed by atoms with Crippen molar-refractivity contribution in [3.63, 3.8) is 0 Å². The predicted octanol–water partition coefficient (Wildman–Crippen LogP) is 6.85. The molecule has 1 atom stereocenters. The average molecular weight is 460 g/mol. The summed E-state index contributed by atoms with van der Waals surface area (Å²) in [5, 5.41) is 9.47. The maximum Gasteiger partial charge on any atom is 0.144 e. The molecule has 3 aromatic rings. The van der Waals surface area contributed by atoms with Gasteiger partial charge >= 0.3 is 0 Å². The highest BCUT2D eigenvalue weighted by Gasteiger charge is 2.14. The van der Waals surface area contributed by atoms with Crippen LogP contribution in [0.4, 0.5) is 0 Å². The molecule has 0 fully saturated rings. The molecule has 3 aromatic carbocycles. The molecule has 0 radical (unpaired) electrons. The minimum absolute atomic E-state index is 0.0228. The quantitative estimate of drug-likeness (QED) is 0.301. The number of nitrogens with zero attached hydrogens (tertiary/aromatic N) is 1. The number of rotatable bonds is 12. The third-order valence-electron chi connectivity index (χ3n) is 5.97. The van der Waals surface area contributed by atoms with Gasteiger partial charge in [0.15, 0.2) is 0 Å². The van der Waals surface area contributed by atoms with Gasteiger partial charge in [-0.3, -0.25) is 0 Å². The number of aliphatic hydroxyl groups excluding tert-OH is 1. The minimum atomic E-state index is 0.0228. The standard InChI is InChI=1S/C30H37NO3/c1-6-22(2)28-20-26(13-15-30(28)34-21-23(3)32)25-12-14-29(33-17-16-31(4)5)27(19-25)18-24-10-8-7-9-11-24/h7-15,19-20,22,32H,3,6,16-18,21H2,1-2,4-5H3. The highest BCUT2D eigenvalue weighted by molar-refractivity contribution is 5.68. The van der Waals surface area contributed by atoms with Crippen molar-refractivity contribution in [3.05, 3.63) is 95.8 Å². The average Bonchev–Trinajstić information content (AvgIpc) is 2.83. The SMILES string of the molecule is C=C(O)COc1ccc(-c2ccc(OCCN(C)C)c(Cc3ccccc3)c2)cc1C(C)CC. The van der Waals surface area contributed by atoms with Crippen molar-refractivity contribution >= 4 is 0 Å². The van der Waals surface area contributed by atoms with Crippen molar-refractivity contribution in [1.82, 2.24) is 4.90 Å². The van der Waals surface area contributed by atoms with E-state index >= 15 is 0 Å². The van der Waals surface area contributed by atoms with Gasteiger partial charge in [-0.25, -0.2) is 0 Å². The molecule has 0 aliphatic rings. The Hall–Kier alpha value is -3.24. The molecule has 0 saturated carbocycles. The smallest absolute Gasteiger partial charge is 0.144 e. The molecular weight excluding hydrogens is 422 g/mol. The first kappa shape index (κ1) is 25.4. The van der Waals surface area contributed by atoms with Crippen LogP contribution in [0.5, 0.6) is 11.5 Å². The zero-order valence-electron chi connectivity index (χ0n) is 20.9. The molecule has 0 aliphatic heterocycles. The summed E-state index contributed by atoms with van der Waals surface area (Å²) in [6.07, 6.45) is 1.81. The fraction of sp³-hybridized carbons (Fsp3) is 0.333. The Morgan fingerprint density at radius 1 is 0.941 bits per heavy atom. The molecule has 4 heteroatoms. The number of likely N-dealkylation sites (N-methyl/N-ethyl adjacent to an activating group) is 1. The van der Waals surface area contributed by atoms with Crippen molar-refractivity contribution in [2.24, 2.45) is 0 Å². The van der Waals surface area contributed by atoms with E-state index in [4.69, 9.17) is 9.47 Å². The summed E-state index contributed by atoms with van der Waals surface area (Å²) in [5.74, 6) is 2.08. The fourth-order valence-electron chi connectivity index (χ4n) is 3.82. The van der Waals surface area contributed by atoms with Crippen molar-refractivity contribution in [3.8, 4) is 22.6 Å². The monoisotopic (exact) mass is 459 g/mol. The molecule has 0 aromatic heterocycles. The second kappa shape index (κ2) is 12.3. The minimum Gasteiger partial charge on any atom is -0.509 e. The van der Waals surface area contributed by atoms with E-state index < -0.39 is 0 Å². The third kappa shape index (κ3) is 7.13. The van der Waals surface area contributed by atoms with Crippen LogP contribution in [0.3, 0.4) is 0 Å². The lowest BCUT2D eigenvalue weighted by Gasteiger charge is -2.18. The molecule has 3 rings (SSSR count). The third-order valence-corrected chi connectivity index (χ3v) is 5.97. The van der Waals surface area contributed by atoms with Gasteiger partial charge in [0.1, 0.15) is 30.5 Å². The van der Waals surface area contributed by atoms with E-state index in [1.165, 1.54) is 11.1 Å². The number of ether oxygens (including phenoxy) is 2. The summed E-state index contributed by atoms with van der Waals surface area (Å²) in [6.45, 7) is 9.51. The summed E-state index contributed by atoms with van der Waals surface area (Å²) in [7, 11) is 4.10. The van der Waals surface area contributed by atoms with Gasteiger partial charge in [-0.1, -0.05) is 62.9 Å². The van der Waals surface area contributed by atoms with E-state index in [0.29, 0.717) is 12.5 Å². The largest absolute Gasteiger partial charge is 0.509 e. The predicted molar refractivity (Wildman–Crippen MR) is 141 cm³/mol. The molecule has 0 heterocycles. The Morgan fingerprint density at radius 3 is 2.26 bits per heavy atom. The zero-order valence-corrected chi connectivity index (χ0v) is 20.9. The van der Waals surface area contributed by atoms with Gasteiger partial charge in [-0.2, -0.15) is 0 Å². The molecule has 1 unspecified atom stereocenters. The second-order valence-corrected chi connectivity index (χ2v) is 9.05. The van der Waals surface area contributed by atoms with Gasteiger partial charge in [-0.15, -0.1) is 0 Å². The van der Waals surface area contributed by atoms with Crippen molar-refractivity contribution in [2.75, 3.05) is 33.9 Å². The maximum absolute atomic E-state index is 9.47. The van der Waals surface area contributed by atoms with E-state index in [0.717, 1.165) is 47.6 Å². The van der Waals surface area contributed by atoms with Crippen LogP contribution >= 0.6 is 0 Å². The van der Waals surface area contributed by atoms with Crippen molar-refractivity contribution < 1.29 is 14.6 Å². The van der Waals surface area contributed by atoms with Crippen LogP contribution in [-0.2, 0) is 6.42 Å². The lowest BCUT2D eigenvalue weighted by Crippen LogP contribution is -2.19. The van der Waals surface area contributed by atoms with E-state index in [-0.39, 0.29) is 12.4 Å². The van der Waals surface area contributed by atoms with Gasteiger partial charge in [0.2, 0.25) is 0 Å². The molecule has 34 heavy (non-hydrogen) atoms. The van der Waals surface area contributed by atoms with Gasteiger partial charge in [0, 0.05) is 13.0 Å². The second-order valence-electron chi connectivity index (χ2n) is 9.05. The van der Waals surface area contributed by atoms with Crippen LogP contribution in [0.25, 0.3) is 11.1 Å². The van der Waals surface area contributed by atoms with E-state index in [1.807, 2.05) is 12.1 Å². The summed E-state index contributed by atoms with van der Waals surface area (Å²) in [4.78, 5) is 2.12. The normalized spacial score (nSPS) is 11.9. The molecule has 1 N–H and O–H groups in total. The molecule has 0 aliphatic carbocycles. The molecule has 0 amide bonds. The summed E-state index contributed by atoms with van der Waals surface area (Å²) in [5.41, 5.74) is 5.85. The molecule has 4 nitrogen and oxygen atoms in total. The first-order valence-corrected chi connectivity index (χ1v) is 12.0. The molecule has 180 valence electrons. The molecule has 0 bridgehead atoms. The van der Waals surface area contributed by atoms with Crippen LogP contribution in [0.1, 0.15) is 42.9 Å². The Morgan fingerprint density at radius 2 is 1.62 bits per heavy atom. The number of aliphatic hydroxyl groups is 1. The molecule has 0 saturated heterocycles. The van der Waals surface area contributed by atoms with E-state index in [1.54, 1.807) is 0 Å². The number of hydrogen-bond donors (Lipinski definition) is 1. The first-order valence-electron chi connectivity index (χ1n) is 12.0. The highest BCUT2D eigenvalue weighted by Crippen LogP contribution is 2.35. The van der Waals surface area contributed by atoms with Crippen LogP contribution < -0.4 is 9.47 Å². The highest BCUT2D eigenvalue weighted by atomic mass is 16.5. The Labute approximate surface area is 204 Å². The van der Waals surface area contributed by atoms with Crippen molar-refractivity contribution in [2.45, 2.75) is 32.6 Å². The fourth-order valence-corrected chi connectivity index (χ4v) is 3.82. The van der Waals surface area contributed by atoms with Gasteiger partial charge < -0.3 is 19.5 Å². The summed E-state index contributed by atoms with van der Waals surface area (Å²) >= 11 is 0. The van der Waals surface area contributed by atoms with Crippen LogP contribution in [0.2, 0.25) is 0 Å². The maximum atomic E-state index is 9.47. The molecular formula is C30H37NO3. The van der Waals surface area contributed by atoms with E-state index in [2.05, 4.69) is 94.0 Å². The lowest BCUT2D eigenvalue weighted by molar-refractivity contribution is 0.260. The summed E-state index contributed by atoms with van der Waals surface area (Å²) < 4.78 is 12.0. The zero-order chi connectivity index (χ0) is 24.5. The lowest BCUT2D eigenvalue weighted by atomic mass is 9.92. The van der Waals surface area contributed by atoms with E-state index in [9.17, 15) is 5.11 Å². The van der Waals surface area contributed by atoms with Crippen LogP contribution in [0, 0.1) is 0 Å². The van der Waals surface area contributed by atoms with Gasteiger partial charge in [0.05, 0.1) is 0 Å². The Bertz CT molecular complexity index is 1080. The number of benzene rings is 3. The van der Waals surface area contributed by atoms with Gasteiger partial charge in [-0.05, 0) is 78.5 Å². The van der Waals surface area contributed by atoms with Crippen LogP contribution in [-0.4, -0.2) is 43.9 Å². The van der Waals surface area contributed by atoms with Crippen molar-refractivity contribution in [1.29, 1.82) is 0 Å². The topological polar surface area (TPSA) is 41.9 Å². The Balaban J connectivity index is 1.96. The van der Waals surface area contributed by atoms with Gasteiger partial charge in [0.25, 0.3) is 0 Å². The number of hydrogen-bond acceptors (Lipinski definition) is 4. The Kier molecular flexibility index (Phi) is 9.17. The molecule has 0 spiro atoms. The van der Waals surface area contributed by atoms with Crippen LogP contribution in [0.15, 0.2) is 79.1 Å². The summed E-state index contributed by atoms with van der Waals surface area (Å²) in [6, 6.07) is 23.2. The first-order chi connectivity index (χ1) is 16.4.